The number of ether oxygens (including phenoxy) is 1. The van der Waals surface area contributed by atoms with E-state index in [2.05, 4.69) is 39.4 Å². The highest BCUT2D eigenvalue weighted by Crippen LogP contribution is 2.27. The zero-order valence-corrected chi connectivity index (χ0v) is 21.3. The minimum Gasteiger partial charge on any atom is -0.383 e. The number of anilines is 1. The zero-order valence-electron chi connectivity index (χ0n) is 20.4. The van der Waals surface area contributed by atoms with E-state index < -0.39 is 10.0 Å². The molecule has 0 spiro atoms. The smallest absolute Gasteiger partial charge is 0.246 e. The van der Waals surface area contributed by atoms with Gasteiger partial charge in [-0.05, 0) is 41.8 Å². The van der Waals surface area contributed by atoms with Gasteiger partial charge in [-0.15, -0.1) is 0 Å². The predicted octanol–water partition coefficient (Wildman–Crippen LogP) is 2.19. The summed E-state index contributed by atoms with van der Waals surface area (Å²) in [4.78, 5) is 16.8. The van der Waals surface area contributed by atoms with Crippen molar-refractivity contribution in [1.82, 2.24) is 14.5 Å². The molecule has 2 heterocycles. The summed E-state index contributed by atoms with van der Waals surface area (Å²) < 4.78 is 32.7. The molecule has 0 atom stereocenters. The number of benzene rings is 2. The van der Waals surface area contributed by atoms with Crippen LogP contribution in [-0.2, 0) is 19.6 Å². The maximum absolute atomic E-state index is 13.1. The summed E-state index contributed by atoms with van der Waals surface area (Å²) in [6.45, 7) is 6.28. The number of rotatable bonds is 8. The quantitative estimate of drug-likeness (QED) is 0.601. The normalized spacial score (nSPS) is 17.8. The van der Waals surface area contributed by atoms with Gasteiger partial charge in [0.25, 0.3) is 0 Å². The van der Waals surface area contributed by atoms with Crippen LogP contribution in [0.25, 0.3) is 11.1 Å². The van der Waals surface area contributed by atoms with Gasteiger partial charge in [0.1, 0.15) is 0 Å². The molecule has 8 nitrogen and oxygen atoms in total. The van der Waals surface area contributed by atoms with Gasteiger partial charge in [-0.2, -0.15) is 4.31 Å². The lowest BCUT2D eigenvalue weighted by Crippen LogP contribution is -2.47. The van der Waals surface area contributed by atoms with Crippen LogP contribution in [0.5, 0.6) is 0 Å². The fourth-order valence-electron chi connectivity index (χ4n) is 4.52. The molecule has 35 heavy (non-hydrogen) atoms. The number of nitrogens with one attached hydrogen (secondary N) is 1. The molecule has 1 amide bonds. The molecule has 0 saturated carbocycles. The molecule has 0 unspecified atom stereocenters. The Bertz CT molecular complexity index is 1140. The second kappa shape index (κ2) is 11.3. The van der Waals surface area contributed by atoms with Crippen LogP contribution >= 0.6 is 0 Å². The number of hydrogen-bond donors (Lipinski definition) is 1. The summed E-state index contributed by atoms with van der Waals surface area (Å²) in [5.41, 5.74) is 3.85. The van der Waals surface area contributed by atoms with Crippen molar-refractivity contribution in [2.24, 2.45) is 0 Å². The Morgan fingerprint density at radius 1 is 0.943 bits per heavy atom. The Kier molecular flexibility index (Phi) is 8.22. The Balaban J connectivity index is 1.38. The molecule has 2 aliphatic rings. The average Bonchev–Trinajstić information content (AvgIpc) is 2.92. The van der Waals surface area contributed by atoms with Gasteiger partial charge in [-0.25, -0.2) is 8.42 Å². The summed E-state index contributed by atoms with van der Waals surface area (Å²) in [5.74, 6) is -0.151. The van der Waals surface area contributed by atoms with Crippen LogP contribution in [0.2, 0.25) is 0 Å². The standard InChI is InChI=1S/C26H34N4O4S/c1-27-26(31)23-11-13-30(14-12-23)35(32,33)25-9-5-22(6-10-25)21-3-7-24(8-4-21)29-17-15-28(16-18-29)19-20-34-2/h3-11H,12-20H2,1-2H3,(H,27,31). The van der Waals surface area contributed by atoms with E-state index in [1.807, 2.05) is 12.1 Å². The van der Waals surface area contributed by atoms with E-state index in [-0.39, 0.29) is 17.3 Å². The van der Waals surface area contributed by atoms with Crippen LogP contribution in [0.4, 0.5) is 5.69 Å². The molecular weight excluding hydrogens is 464 g/mol. The highest BCUT2D eigenvalue weighted by Gasteiger charge is 2.27. The largest absolute Gasteiger partial charge is 0.383 e. The van der Waals surface area contributed by atoms with E-state index in [0.29, 0.717) is 18.5 Å². The number of sulfonamides is 1. The molecule has 9 heteroatoms. The second-order valence-corrected chi connectivity index (χ2v) is 10.8. The number of nitrogens with zero attached hydrogens (tertiary/aromatic N) is 3. The van der Waals surface area contributed by atoms with Crippen LogP contribution < -0.4 is 10.2 Å². The molecule has 2 aromatic rings. The molecule has 4 rings (SSSR count). The van der Waals surface area contributed by atoms with Gasteiger partial charge < -0.3 is 15.0 Å². The lowest BCUT2D eigenvalue weighted by Gasteiger charge is -2.36. The van der Waals surface area contributed by atoms with E-state index in [9.17, 15) is 13.2 Å². The van der Waals surface area contributed by atoms with E-state index in [0.717, 1.165) is 50.5 Å². The second-order valence-electron chi connectivity index (χ2n) is 8.81. The predicted molar refractivity (Wildman–Crippen MR) is 138 cm³/mol. The van der Waals surface area contributed by atoms with Crippen molar-refractivity contribution in [2.45, 2.75) is 11.3 Å². The van der Waals surface area contributed by atoms with Crippen molar-refractivity contribution in [2.75, 3.05) is 71.5 Å². The van der Waals surface area contributed by atoms with E-state index in [4.69, 9.17) is 4.74 Å². The Morgan fingerprint density at radius 3 is 2.11 bits per heavy atom. The molecule has 1 saturated heterocycles. The molecule has 1 N–H and O–H groups in total. The Hall–Kier alpha value is -2.72. The van der Waals surface area contributed by atoms with Crippen LogP contribution in [-0.4, -0.2) is 90.1 Å². The fraction of sp³-hybridized carbons (Fsp3) is 0.423. The summed E-state index contributed by atoms with van der Waals surface area (Å²) in [5, 5.41) is 2.59. The Morgan fingerprint density at radius 2 is 1.57 bits per heavy atom. The van der Waals surface area contributed by atoms with Gasteiger partial charge in [-0.1, -0.05) is 30.3 Å². The minimum absolute atomic E-state index is 0.151. The van der Waals surface area contributed by atoms with E-state index >= 15 is 0 Å². The third-order valence-corrected chi connectivity index (χ3v) is 8.61. The number of piperazine rings is 1. The minimum atomic E-state index is -3.61. The van der Waals surface area contributed by atoms with Crippen molar-refractivity contribution in [1.29, 1.82) is 0 Å². The van der Waals surface area contributed by atoms with Gasteiger partial charge in [0.2, 0.25) is 15.9 Å². The molecule has 188 valence electrons. The average molecular weight is 499 g/mol. The highest BCUT2D eigenvalue weighted by atomic mass is 32.2. The van der Waals surface area contributed by atoms with Crippen LogP contribution in [0, 0.1) is 0 Å². The number of carbonyl (C=O) groups is 1. The molecule has 0 aromatic heterocycles. The monoisotopic (exact) mass is 498 g/mol. The number of methoxy groups -OCH3 is 1. The Labute approximate surface area is 208 Å². The molecule has 2 aromatic carbocycles. The first-order valence-corrected chi connectivity index (χ1v) is 13.4. The summed E-state index contributed by atoms with van der Waals surface area (Å²) >= 11 is 0. The summed E-state index contributed by atoms with van der Waals surface area (Å²) in [6.07, 6.45) is 2.10. The lowest BCUT2D eigenvalue weighted by atomic mass is 10.1. The highest BCUT2D eigenvalue weighted by molar-refractivity contribution is 7.89. The van der Waals surface area contributed by atoms with Crippen molar-refractivity contribution in [3.63, 3.8) is 0 Å². The number of amides is 1. The third-order valence-electron chi connectivity index (χ3n) is 6.73. The van der Waals surface area contributed by atoms with Crippen molar-refractivity contribution in [3.8, 4) is 11.1 Å². The topological polar surface area (TPSA) is 82.2 Å². The lowest BCUT2D eigenvalue weighted by molar-refractivity contribution is -0.117. The molecule has 0 radical (unpaired) electrons. The van der Waals surface area contributed by atoms with Gasteiger partial charge >= 0.3 is 0 Å². The van der Waals surface area contributed by atoms with Gasteiger partial charge in [0.15, 0.2) is 0 Å². The van der Waals surface area contributed by atoms with Crippen molar-refractivity contribution < 1.29 is 17.9 Å². The van der Waals surface area contributed by atoms with Crippen molar-refractivity contribution in [3.05, 3.63) is 60.2 Å². The fourth-order valence-corrected chi connectivity index (χ4v) is 5.90. The maximum Gasteiger partial charge on any atom is 0.246 e. The first-order valence-electron chi connectivity index (χ1n) is 12.0. The first kappa shape index (κ1) is 25.4. The third kappa shape index (κ3) is 5.92. The molecular formula is C26H34N4O4S. The molecule has 1 fully saturated rings. The number of carbonyl (C=O) groups excluding carboxylic acids is 1. The molecule has 2 aliphatic heterocycles. The summed E-state index contributed by atoms with van der Waals surface area (Å²) in [7, 11) is -0.296. The molecule has 0 aliphatic carbocycles. The van der Waals surface area contributed by atoms with Gasteiger partial charge in [0, 0.05) is 71.2 Å². The number of hydrogen-bond acceptors (Lipinski definition) is 6. The number of likely N-dealkylation sites (N-methyl/N-ethyl adjacent to an activating group) is 1. The van der Waals surface area contributed by atoms with E-state index in [1.165, 1.54) is 9.99 Å². The molecule has 0 bridgehead atoms. The van der Waals surface area contributed by atoms with Gasteiger partial charge in [0.05, 0.1) is 11.5 Å². The maximum atomic E-state index is 13.1. The van der Waals surface area contributed by atoms with E-state index in [1.54, 1.807) is 32.4 Å². The first-order chi connectivity index (χ1) is 16.9. The zero-order chi connectivity index (χ0) is 24.8. The van der Waals surface area contributed by atoms with Crippen LogP contribution in [0.15, 0.2) is 65.1 Å². The van der Waals surface area contributed by atoms with Crippen LogP contribution in [0.1, 0.15) is 6.42 Å². The van der Waals surface area contributed by atoms with Crippen LogP contribution in [0.3, 0.4) is 0 Å². The van der Waals surface area contributed by atoms with Gasteiger partial charge in [-0.3, -0.25) is 9.69 Å². The summed E-state index contributed by atoms with van der Waals surface area (Å²) in [6, 6.07) is 15.5. The SMILES string of the molecule is CNC(=O)C1=CCN(S(=O)(=O)c2ccc(-c3ccc(N4CCN(CCOC)CC4)cc3)cc2)CC1. The van der Waals surface area contributed by atoms with Crippen molar-refractivity contribution >= 4 is 21.6 Å².